The first-order chi connectivity index (χ1) is 12.8. The normalized spacial score (nSPS) is 10.8. The third-order valence-electron chi connectivity index (χ3n) is 4.32. The average molecular weight is 357 g/mol. The van der Waals surface area contributed by atoms with Crippen LogP contribution in [-0.4, -0.2) is 29.8 Å². The first kappa shape index (κ1) is 20.4. The molecule has 0 atom stereocenters. The lowest BCUT2D eigenvalue weighted by molar-refractivity contribution is 0.138. The maximum absolute atomic E-state index is 5.68. The highest BCUT2D eigenvalue weighted by Gasteiger charge is 2.03. The third kappa shape index (κ3) is 7.52. The molecule has 0 fully saturated rings. The fourth-order valence-electron chi connectivity index (χ4n) is 2.76. The Morgan fingerprint density at radius 2 is 1.54 bits per heavy atom. The minimum absolute atomic E-state index is 0.669. The zero-order chi connectivity index (χ0) is 18.5. The fourth-order valence-corrected chi connectivity index (χ4v) is 2.76. The van der Waals surface area contributed by atoms with Gasteiger partial charge >= 0.3 is 0 Å². The second-order valence-corrected chi connectivity index (χ2v) is 6.50. The molecule has 1 heterocycles. The summed E-state index contributed by atoms with van der Waals surface area (Å²) in [5.41, 5.74) is 2.43. The van der Waals surface area contributed by atoms with Crippen LogP contribution in [0.15, 0.2) is 36.7 Å². The second kappa shape index (κ2) is 12.4. The lowest BCUT2D eigenvalue weighted by Gasteiger charge is -2.07. The predicted molar refractivity (Wildman–Crippen MR) is 107 cm³/mol. The highest BCUT2D eigenvalue weighted by atomic mass is 16.5. The van der Waals surface area contributed by atoms with Gasteiger partial charge in [-0.2, -0.15) is 0 Å². The Labute approximate surface area is 158 Å². The van der Waals surface area contributed by atoms with Crippen LogP contribution in [0.2, 0.25) is 0 Å². The Bertz CT molecular complexity index is 597. The van der Waals surface area contributed by atoms with Gasteiger partial charge in [0.25, 0.3) is 0 Å². The molecule has 0 saturated carbocycles. The van der Waals surface area contributed by atoms with Crippen LogP contribution >= 0.6 is 0 Å². The molecule has 4 heteroatoms. The number of nitrogens with zero attached hydrogens (tertiary/aromatic N) is 2. The van der Waals surface area contributed by atoms with Crippen molar-refractivity contribution in [3.8, 4) is 17.1 Å². The first-order valence-corrected chi connectivity index (χ1v) is 9.95. The van der Waals surface area contributed by atoms with Crippen molar-refractivity contribution in [1.29, 1.82) is 0 Å². The van der Waals surface area contributed by atoms with Crippen LogP contribution in [0.4, 0.5) is 0 Å². The molecule has 26 heavy (non-hydrogen) atoms. The van der Waals surface area contributed by atoms with Crippen LogP contribution in [0.5, 0.6) is 5.75 Å². The van der Waals surface area contributed by atoms with E-state index >= 15 is 0 Å². The van der Waals surface area contributed by atoms with Gasteiger partial charge in [0.05, 0.1) is 19.0 Å². The highest BCUT2D eigenvalue weighted by molar-refractivity contribution is 5.55. The Balaban J connectivity index is 1.76. The molecule has 0 unspecified atom stereocenters. The van der Waals surface area contributed by atoms with Gasteiger partial charge in [0.1, 0.15) is 0 Å². The molecule has 142 valence electrons. The first-order valence-electron chi connectivity index (χ1n) is 9.95. The van der Waals surface area contributed by atoms with Gasteiger partial charge in [-0.05, 0) is 38.2 Å². The van der Waals surface area contributed by atoms with Crippen molar-refractivity contribution in [2.45, 2.75) is 58.8 Å². The van der Waals surface area contributed by atoms with Crippen molar-refractivity contribution >= 4 is 0 Å². The minimum atomic E-state index is 0.669. The molecule has 0 bridgehead atoms. The van der Waals surface area contributed by atoms with Crippen LogP contribution < -0.4 is 4.74 Å². The summed E-state index contributed by atoms with van der Waals surface area (Å²) < 4.78 is 11.0. The van der Waals surface area contributed by atoms with Gasteiger partial charge in [-0.1, -0.05) is 50.5 Å². The van der Waals surface area contributed by atoms with Gasteiger partial charge in [-0.3, -0.25) is 0 Å². The second-order valence-electron chi connectivity index (χ2n) is 6.50. The molecule has 0 N–H and O–H groups in total. The topological polar surface area (TPSA) is 44.2 Å². The molecular formula is C22H32N2O2. The number of aryl methyl sites for hydroxylation is 1. The van der Waals surface area contributed by atoms with Gasteiger partial charge in [0.15, 0.2) is 11.6 Å². The molecule has 0 spiro atoms. The standard InChI is InChI=1S/C22H32N2O2/c1-3-5-6-7-10-19-11-13-20(14-12-19)22-23-17-21(18-24-22)26-16-9-8-15-25-4-2/h11-14,17-18H,3-10,15-16H2,1-2H3. The number of unbranched alkanes of at least 4 members (excludes halogenated alkanes) is 4. The van der Waals surface area contributed by atoms with Gasteiger partial charge < -0.3 is 9.47 Å². The smallest absolute Gasteiger partial charge is 0.159 e. The summed E-state index contributed by atoms with van der Waals surface area (Å²) in [5.74, 6) is 1.46. The number of benzene rings is 1. The number of hydrogen-bond acceptors (Lipinski definition) is 4. The van der Waals surface area contributed by atoms with E-state index in [4.69, 9.17) is 9.47 Å². The van der Waals surface area contributed by atoms with Crippen molar-refractivity contribution in [2.24, 2.45) is 0 Å². The Morgan fingerprint density at radius 3 is 2.23 bits per heavy atom. The molecule has 0 radical (unpaired) electrons. The number of ether oxygens (including phenoxy) is 2. The van der Waals surface area contributed by atoms with Crippen molar-refractivity contribution in [3.63, 3.8) is 0 Å². The van der Waals surface area contributed by atoms with Crippen LogP contribution in [0.1, 0.15) is 57.9 Å². The van der Waals surface area contributed by atoms with Crippen LogP contribution in [-0.2, 0) is 11.2 Å². The zero-order valence-corrected chi connectivity index (χ0v) is 16.2. The van der Waals surface area contributed by atoms with E-state index in [1.54, 1.807) is 12.4 Å². The number of rotatable bonds is 13. The summed E-state index contributed by atoms with van der Waals surface area (Å²) in [4.78, 5) is 8.87. The number of aromatic nitrogens is 2. The molecule has 2 rings (SSSR count). The van der Waals surface area contributed by atoms with Gasteiger partial charge in [0.2, 0.25) is 0 Å². The average Bonchev–Trinajstić information content (AvgIpc) is 2.69. The Morgan fingerprint density at radius 1 is 0.808 bits per heavy atom. The van der Waals surface area contributed by atoms with E-state index in [0.717, 1.165) is 49.6 Å². The quantitative estimate of drug-likeness (QED) is 0.447. The number of hydrogen-bond donors (Lipinski definition) is 0. The largest absolute Gasteiger partial charge is 0.490 e. The molecule has 0 aliphatic heterocycles. The van der Waals surface area contributed by atoms with Crippen LogP contribution in [0, 0.1) is 0 Å². The van der Waals surface area contributed by atoms with Gasteiger partial charge in [-0.15, -0.1) is 0 Å². The maximum atomic E-state index is 5.68. The molecule has 0 aliphatic rings. The molecule has 0 amide bonds. The van der Waals surface area contributed by atoms with E-state index < -0.39 is 0 Å². The molecule has 1 aromatic carbocycles. The van der Waals surface area contributed by atoms with Crippen molar-refractivity contribution < 1.29 is 9.47 Å². The third-order valence-corrected chi connectivity index (χ3v) is 4.32. The van der Waals surface area contributed by atoms with E-state index in [1.807, 2.05) is 6.92 Å². The molecule has 0 saturated heterocycles. The molecule has 0 aliphatic carbocycles. The highest BCUT2D eigenvalue weighted by Crippen LogP contribution is 2.18. The lowest BCUT2D eigenvalue weighted by Crippen LogP contribution is -2.01. The molecule has 1 aromatic heterocycles. The summed E-state index contributed by atoms with van der Waals surface area (Å²) in [6.45, 7) is 6.49. The SMILES string of the molecule is CCCCCCc1ccc(-c2ncc(OCCCCOCC)cn2)cc1. The molecule has 4 nitrogen and oxygen atoms in total. The van der Waals surface area contributed by atoms with E-state index in [-0.39, 0.29) is 0 Å². The minimum Gasteiger partial charge on any atom is -0.490 e. The van der Waals surface area contributed by atoms with Gasteiger partial charge in [-0.25, -0.2) is 9.97 Å². The fraction of sp³-hybridized carbons (Fsp3) is 0.545. The van der Waals surface area contributed by atoms with Crippen LogP contribution in [0.3, 0.4) is 0 Å². The van der Waals surface area contributed by atoms with E-state index in [9.17, 15) is 0 Å². The maximum Gasteiger partial charge on any atom is 0.159 e. The van der Waals surface area contributed by atoms with Gasteiger partial charge in [0, 0.05) is 18.8 Å². The summed E-state index contributed by atoms with van der Waals surface area (Å²) in [6.07, 6.45) is 11.8. The summed E-state index contributed by atoms with van der Waals surface area (Å²) >= 11 is 0. The van der Waals surface area contributed by atoms with E-state index in [1.165, 1.54) is 31.2 Å². The monoisotopic (exact) mass is 356 g/mol. The summed E-state index contributed by atoms with van der Waals surface area (Å²) in [5, 5.41) is 0. The zero-order valence-electron chi connectivity index (χ0n) is 16.2. The summed E-state index contributed by atoms with van der Waals surface area (Å²) in [7, 11) is 0. The van der Waals surface area contributed by atoms with E-state index in [2.05, 4.69) is 41.2 Å². The van der Waals surface area contributed by atoms with Crippen molar-refractivity contribution in [3.05, 3.63) is 42.2 Å². The predicted octanol–water partition coefficient (Wildman–Crippen LogP) is 5.46. The molecular weight excluding hydrogens is 324 g/mol. The Kier molecular flexibility index (Phi) is 9.73. The van der Waals surface area contributed by atoms with E-state index in [0.29, 0.717) is 6.61 Å². The lowest BCUT2D eigenvalue weighted by atomic mass is 10.0. The van der Waals surface area contributed by atoms with Crippen molar-refractivity contribution in [1.82, 2.24) is 9.97 Å². The Hall–Kier alpha value is -1.94. The van der Waals surface area contributed by atoms with Crippen LogP contribution in [0.25, 0.3) is 11.4 Å². The van der Waals surface area contributed by atoms with Crippen molar-refractivity contribution in [2.75, 3.05) is 19.8 Å². The molecule has 2 aromatic rings. The summed E-state index contributed by atoms with van der Waals surface area (Å²) in [6, 6.07) is 8.60.